The molecule has 128 valence electrons. The molecule has 0 unspecified atom stereocenters. The maximum atomic E-state index is 12.9. The predicted octanol–water partition coefficient (Wildman–Crippen LogP) is 4.80. The van der Waals surface area contributed by atoms with E-state index >= 15 is 0 Å². The van der Waals surface area contributed by atoms with E-state index in [1.807, 2.05) is 0 Å². The number of hydrogen-bond acceptors (Lipinski definition) is 4. The number of aromatic nitrogens is 1. The lowest BCUT2D eigenvalue weighted by molar-refractivity contribution is -0.0498. The van der Waals surface area contributed by atoms with Crippen LogP contribution in [0.15, 0.2) is 53.9 Å². The summed E-state index contributed by atoms with van der Waals surface area (Å²) in [6.45, 7) is -2.92. The Morgan fingerprint density at radius 3 is 2.40 bits per heavy atom. The Morgan fingerprint density at radius 1 is 1.08 bits per heavy atom. The van der Waals surface area contributed by atoms with E-state index in [2.05, 4.69) is 15.0 Å². The van der Waals surface area contributed by atoms with Crippen molar-refractivity contribution in [3.8, 4) is 17.0 Å². The number of alkyl halides is 2. The molecule has 2 aromatic carbocycles. The number of nitrogens with zero attached hydrogens (tertiary/aromatic N) is 1. The number of benzene rings is 2. The van der Waals surface area contributed by atoms with Crippen molar-refractivity contribution in [1.29, 1.82) is 0 Å². The van der Waals surface area contributed by atoms with Gasteiger partial charge in [0.05, 0.1) is 5.69 Å². The molecule has 0 atom stereocenters. The molecule has 0 fully saturated rings. The normalized spacial score (nSPS) is 10.7. The van der Waals surface area contributed by atoms with Crippen LogP contribution in [0.25, 0.3) is 11.3 Å². The summed E-state index contributed by atoms with van der Waals surface area (Å²) in [4.78, 5) is 16.4. The van der Waals surface area contributed by atoms with Gasteiger partial charge in [0.2, 0.25) is 0 Å². The average Bonchev–Trinajstić information content (AvgIpc) is 3.04. The summed E-state index contributed by atoms with van der Waals surface area (Å²) in [5.41, 5.74) is 1.62. The van der Waals surface area contributed by atoms with Crippen molar-refractivity contribution in [2.75, 3.05) is 5.32 Å². The maximum Gasteiger partial charge on any atom is 0.387 e. The molecule has 0 bridgehead atoms. The average molecular weight is 364 g/mol. The SMILES string of the molecule is O=C(Nc1nc(-c2ccc(F)cc2)cs1)c1ccc(OC(F)F)cc1. The van der Waals surface area contributed by atoms with Crippen LogP contribution in [0.4, 0.5) is 18.3 Å². The number of hydrogen-bond donors (Lipinski definition) is 1. The fourth-order valence-electron chi connectivity index (χ4n) is 2.04. The molecule has 1 heterocycles. The van der Waals surface area contributed by atoms with Crippen LogP contribution in [0.5, 0.6) is 5.75 Å². The Morgan fingerprint density at radius 2 is 1.76 bits per heavy atom. The van der Waals surface area contributed by atoms with Gasteiger partial charge in [0, 0.05) is 16.5 Å². The van der Waals surface area contributed by atoms with Gasteiger partial charge in [0.1, 0.15) is 11.6 Å². The number of nitrogens with one attached hydrogen (secondary N) is 1. The van der Waals surface area contributed by atoms with Crippen molar-refractivity contribution in [2.24, 2.45) is 0 Å². The lowest BCUT2D eigenvalue weighted by atomic mass is 10.2. The van der Waals surface area contributed by atoms with E-state index in [1.165, 1.54) is 47.7 Å². The number of thiazole rings is 1. The first-order chi connectivity index (χ1) is 12.0. The predicted molar refractivity (Wildman–Crippen MR) is 88.5 cm³/mol. The number of amides is 1. The molecule has 0 aliphatic heterocycles. The fraction of sp³-hybridized carbons (Fsp3) is 0.0588. The summed E-state index contributed by atoms with van der Waals surface area (Å²) in [5.74, 6) is -0.797. The first kappa shape index (κ1) is 17.0. The highest BCUT2D eigenvalue weighted by molar-refractivity contribution is 7.14. The number of anilines is 1. The summed E-state index contributed by atoms with van der Waals surface area (Å²) < 4.78 is 41.4. The second-order valence-electron chi connectivity index (χ2n) is 4.90. The first-order valence-electron chi connectivity index (χ1n) is 7.09. The molecule has 0 radical (unpaired) electrons. The Bertz CT molecular complexity index is 864. The van der Waals surface area contributed by atoms with Crippen molar-refractivity contribution in [3.63, 3.8) is 0 Å². The van der Waals surface area contributed by atoms with Gasteiger partial charge in [0.15, 0.2) is 5.13 Å². The third-order valence-corrected chi connectivity index (χ3v) is 3.96. The van der Waals surface area contributed by atoms with Crippen LogP contribution < -0.4 is 10.1 Å². The van der Waals surface area contributed by atoms with Crippen LogP contribution in [-0.2, 0) is 0 Å². The Labute approximate surface area is 144 Å². The topological polar surface area (TPSA) is 51.2 Å². The van der Waals surface area contributed by atoms with Gasteiger partial charge in [-0.2, -0.15) is 8.78 Å². The van der Waals surface area contributed by atoms with E-state index < -0.39 is 12.5 Å². The van der Waals surface area contributed by atoms with Gasteiger partial charge in [-0.1, -0.05) is 0 Å². The molecule has 0 spiro atoms. The van der Waals surface area contributed by atoms with Crippen LogP contribution in [0.3, 0.4) is 0 Å². The quantitative estimate of drug-likeness (QED) is 0.707. The van der Waals surface area contributed by atoms with E-state index in [1.54, 1.807) is 17.5 Å². The summed E-state index contributed by atoms with van der Waals surface area (Å²) in [7, 11) is 0. The molecule has 0 aliphatic carbocycles. The smallest absolute Gasteiger partial charge is 0.387 e. The lowest BCUT2D eigenvalue weighted by Crippen LogP contribution is -2.11. The van der Waals surface area contributed by atoms with Crippen molar-refractivity contribution in [3.05, 3.63) is 65.3 Å². The highest BCUT2D eigenvalue weighted by Gasteiger charge is 2.11. The largest absolute Gasteiger partial charge is 0.435 e. The minimum Gasteiger partial charge on any atom is -0.435 e. The van der Waals surface area contributed by atoms with E-state index in [-0.39, 0.29) is 17.1 Å². The number of carbonyl (C=O) groups is 1. The van der Waals surface area contributed by atoms with Crippen LogP contribution >= 0.6 is 11.3 Å². The van der Waals surface area contributed by atoms with Crippen LogP contribution in [0.1, 0.15) is 10.4 Å². The molecule has 1 N–H and O–H groups in total. The van der Waals surface area contributed by atoms with Gasteiger partial charge in [-0.05, 0) is 48.5 Å². The van der Waals surface area contributed by atoms with Crippen LogP contribution in [-0.4, -0.2) is 17.5 Å². The van der Waals surface area contributed by atoms with Crippen molar-refractivity contribution >= 4 is 22.4 Å². The van der Waals surface area contributed by atoms with Gasteiger partial charge < -0.3 is 4.74 Å². The van der Waals surface area contributed by atoms with Gasteiger partial charge in [-0.3, -0.25) is 10.1 Å². The van der Waals surface area contributed by atoms with Crippen LogP contribution in [0, 0.1) is 5.82 Å². The summed E-state index contributed by atoms with van der Waals surface area (Å²) in [6, 6.07) is 11.2. The van der Waals surface area contributed by atoms with E-state index in [0.29, 0.717) is 10.8 Å². The minimum absolute atomic E-state index is 0.0283. The fourth-order valence-corrected chi connectivity index (χ4v) is 2.76. The Hall–Kier alpha value is -2.87. The lowest BCUT2D eigenvalue weighted by Gasteiger charge is -2.05. The van der Waals surface area contributed by atoms with Crippen molar-refractivity contribution in [1.82, 2.24) is 4.98 Å². The molecule has 25 heavy (non-hydrogen) atoms. The number of rotatable bonds is 5. The molecule has 3 aromatic rings. The molecule has 1 aromatic heterocycles. The highest BCUT2D eigenvalue weighted by atomic mass is 32.1. The second-order valence-corrected chi connectivity index (χ2v) is 5.76. The Balaban J connectivity index is 1.68. The molecular formula is C17H11F3N2O2S. The van der Waals surface area contributed by atoms with Gasteiger partial charge in [0.25, 0.3) is 5.91 Å². The van der Waals surface area contributed by atoms with Crippen molar-refractivity contribution < 1.29 is 22.7 Å². The molecule has 3 rings (SSSR count). The molecule has 0 saturated carbocycles. The second kappa shape index (κ2) is 7.35. The summed E-state index contributed by atoms with van der Waals surface area (Å²) >= 11 is 1.22. The van der Waals surface area contributed by atoms with E-state index in [4.69, 9.17) is 0 Å². The van der Waals surface area contributed by atoms with Gasteiger partial charge >= 0.3 is 6.61 Å². The zero-order chi connectivity index (χ0) is 17.8. The Kier molecular flexibility index (Phi) is 4.99. The summed E-state index contributed by atoms with van der Waals surface area (Å²) in [6.07, 6.45) is 0. The maximum absolute atomic E-state index is 12.9. The standard InChI is InChI=1S/C17H11F3N2O2S/c18-12-5-1-10(2-6-12)14-9-25-17(21-14)22-15(23)11-3-7-13(8-4-11)24-16(19)20/h1-9,16H,(H,21,22,23). The van der Waals surface area contributed by atoms with Gasteiger partial charge in [-0.25, -0.2) is 9.37 Å². The van der Waals surface area contributed by atoms with E-state index in [0.717, 1.165) is 5.56 Å². The molecule has 1 amide bonds. The molecule has 0 aliphatic rings. The number of carbonyl (C=O) groups excluding carboxylic acids is 1. The third kappa shape index (κ3) is 4.36. The third-order valence-electron chi connectivity index (χ3n) is 3.21. The molecule has 4 nitrogen and oxygen atoms in total. The molecule has 8 heteroatoms. The zero-order valence-corrected chi connectivity index (χ0v) is 13.4. The van der Waals surface area contributed by atoms with E-state index in [9.17, 15) is 18.0 Å². The van der Waals surface area contributed by atoms with Crippen molar-refractivity contribution in [2.45, 2.75) is 6.61 Å². The zero-order valence-electron chi connectivity index (χ0n) is 12.6. The van der Waals surface area contributed by atoms with Crippen LogP contribution in [0.2, 0.25) is 0 Å². The first-order valence-corrected chi connectivity index (χ1v) is 7.97. The molecule has 0 saturated heterocycles. The molecular weight excluding hydrogens is 353 g/mol. The number of ether oxygens (including phenoxy) is 1. The highest BCUT2D eigenvalue weighted by Crippen LogP contribution is 2.25. The minimum atomic E-state index is -2.92. The number of halogens is 3. The summed E-state index contributed by atoms with van der Waals surface area (Å²) in [5, 5.41) is 4.74. The van der Waals surface area contributed by atoms with Gasteiger partial charge in [-0.15, -0.1) is 11.3 Å². The monoisotopic (exact) mass is 364 g/mol.